The lowest BCUT2D eigenvalue weighted by atomic mass is 10.1. The van der Waals surface area contributed by atoms with Crippen molar-refractivity contribution in [3.63, 3.8) is 0 Å². The summed E-state index contributed by atoms with van der Waals surface area (Å²) in [6.45, 7) is 0.211. The second-order valence-corrected chi connectivity index (χ2v) is 7.63. The number of carbonyl (C=O) groups excluding carboxylic acids is 1. The number of pyridine rings is 1. The number of anilines is 2. The number of aromatic carboxylic acids is 1. The van der Waals surface area contributed by atoms with Crippen molar-refractivity contribution in [3.05, 3.63) is 33.6 Å². The first-order valence-electron chi connectivity index (χ1n) is 9.57. The summed E-state index contributed by atoms with van der Waals surface area (Å²) < 4.78 is 32.2. The summed E-state index contributed by atoms with van der Waals surface area (Å²) in [5, 5.41) is 11.6. The van der Waals surface area contributed by atoms with Gasteiger partial charge in [-0.25, -0.2) is 13.6 Å². The summed E-state index contributed by atoms with van der Waals surface area (Å²) >= 11 is 0. The number of halogens is 3. The molecule has 2 fully saturated rings. The number of carboxylic acid groups (broad SMARTS) is 1. The van der Waals surface area contributed by atoms with E-state index < -0.39 is 39.7 Å². The summed E-state index contributed by atoms with van der Waals surface area (Å²) in [6.07, 6.45) is 2.92. The van der Waals surface area contributed by atoms with E-state index in [0.29, 0.717) is 19.3 Å². The summed E-state index contributed by atoms with van der Waals surface area (Å²) in [5.41, 5.74) is 8.40. The highest BCUT2D eigenvalue weighted by atomic mass is 35.5. The van der Waals surface area contributed by atoms with Crippen LogP contribution in [-0.4, -0.2) is 47.2 Å². The Morgan fingerprint density at radius 1 is 1.23 bits per heavy atom. The molecule has 6 N–H and O–H groups in total. The molecule has 1 aliphatic heterocycles. The highest BCUT2D eigenvalue weighted by molar-refractivity contribution is 5.99. The lowest BCUT2D eigenvalue weighted by Gasteiger charge is -2.24. The topological polar surface area (TPSA) is 144 Å². The van der Waals surface area contributed by atoms with Crippen molar-refractivity contribution < 1.29 is 23.5 Å². The first-order chi connectivity index (χ1) is 14.2. The van der Waals surface area contributed by atoms with Gasteiger partial charge in [-0.2, -0.15) is 0 Å². The zero-order chi connectivity index (χ0) is 21.7. The van der Waals surface area contributed by atoms with Crippen molar-refractivity contribution in [2.24, 2.45) is 5.73 Å². The SMILES string of the molecule is Cl.NCC(=O)NC1CCN(c2c(F)c(N)c3c(=O)c(C(=O)O)cn(C4CC4)c3c2F)C1. The summed E-state index contributed by atoms with van der Waals surface area (Å²) in [5.74, 6) is -3.94. The number of rotatable bonds is 5. The van der Waals surface area contributed by atoms with Crippen LogP contribution >= 0.6 is 12.4 Å². The van der Waals surface area contributed by atoms with Crippen molar-refractivity contribution in [3.8, 4) is 0 Å². The third-order valence-electron chi connectivity index (χ3n) is 5.59. The quantitative estimate of drug-likeness (QED) is 0.490. The van der Waals surface area contributed by atoms with Gasteiger partial charge in [-0.05, 0) is 19.3 Å². The zero-order valence-electron chi connectivity index (χ0n) is 16.4. The molecule has 0 spiro atoms. The van der Waals surface area contributed by atoms with Gasteiger partial charge in [0.05, 0.1) is 23.1 Å². The smallest absolute Gasteiger partial charge is 0.341 e. The van der Waals surface area contributed by atoms with Crippen LogP contribution in [0, 0.1) is 11.6 Å². The van der Waals surface area contributed by atoms with Gasteiger partial charge < -0.3 is 31.4 Å². The Hall–Kier alpha value is -2.92. The molecule has 4 rings (SSSR count). The van der Waals surface area contributed by atoms with Crippen LogP contribution in [0.5, 0.6) is 0 Å². The molecule has 2 aromatic rings. The Labute approximate surface area is 181 Å². The number of hydrogen-bond donors (Lipinski definition) is 4. The number of carbonyl (C=O) groups is 2. The summed E-state index contributed by atoms with van der Waals surface area (Å²) in [6, 6.07) is -0.523. The van der Waals surface area contributed by atoms with Gasteiger partial charge >= 0.3 is 5.97 Å². The Morgan fingerprint density at radius 2 is 1.90 bits per heavy atom. The first kappa shape index (κ1) is 22.8. The van der Waals surface area contributed by atoms with E-state index >= 15 is 8.78 Å². The lowest BCUT2D eigenvalue weighted by Crippen LogP contribution is -2.40. The second-order valence-electron chi connectivity index (χ2n) is 7.63. The number of fused-ring (bicyclic) bond motifs is 1. The molecule has 168 valence electrons. The van der Waals surface area contributed by atoms with Gasteiger partial charge in [0.15, 0.2) is 11.6 Å². The highest BCUT2D eigenvalue weighted by Gasteiger charge is 2.34. The molecule has 12 heteroatoms. The minimum atomic E-state index is -1.49. The van der Waals surface area contributed by atoms with Crippen LogP contribution in [-0.2, 0) is 4.79 Å². The number of benzene rings is 1. The molecule has 31 heavy (non-hydrogen) atoms. The minimum Gasteiger partial charge on any atom is -0.477 e. The maximum atomic E-state index is 15.6. The van der Waals surface area contributed by atoms with Gasteiger partial charge in [0.25, 0.3) is 0 Å². The molecule has 1 amide bonds. The predicted molar refractivity (Wildman–Crippen MR) is 113 cm³/mol. The molecular formula is C19H22ClF2N5O4. The van der Waals surface area contributed by atoms with Crippen molar-refractivity contribution in [1.82, 2.24) is 9.88 Å². The largest absolute Gasteiger partial charge is 0.477 e. The zero-order valence-corrected chi connectivity index (χ0v) is 17.2. The van der Waals surface area contributed by atoms with Crippen LogP contribution in [0.1, 0.15) is 35.7 Å². The fourth-order valence-corrected chi connectivity index (χ4v) is 3.99. The van der Waals surface area contributed by atoms with E-state index in [2.05, 4.69) is 5.32 Å². The number of aromatic nitrogens is 1. The maximum absolute atomic E-state index is 15.6. The van der Waals surface area contributed by atoms with Crippen LogP contribution in [0.2, 0.25) is 0 Å². The third kappa shape index (κ3) is 3.79. The van der Waals surface area contributed by atoms with Crippen molar-refractivity contribution in [2.45, 2.75) is 31.3 Å². The Balaban J connectivity index is 0.00000272. The molecule has 0 bridgehead atoms. The highest BCUT2D eigenvalue weighted by Crippen LogP contribution is 2.42. The standard InChI is InChI=1S/C19H21F2N5O4.ClH/c20-13-15(23)12-16(26(9-1-2-9)7-10(18(12)28)19(29)30)14(21)17(13)25-4-3-8(6-25)24-11(27)5-22;/h7-9H,1-6,22-23H2,(H,24,27)(H,29,30);1H. The summed E-state index contributed by atoms with van der Waals surface area (Å²) in [4.78, 5) is 37.1. The third-order valence-corrected chi connectivity index (χ3v) is 5.59. The average molecular weight is 458 g/mol. The number of nitrogens with zero attached hydrogens (tertiary/aromatic N) is 2. The molecule has 1 atom stereocenters. The van der Waals surface area contributed by atoms with E-state index in [0.717, 1.165) is 6.20 Å². The van der Waals surface area contributed by atoms with E-state index in [1.807, 2.05) is 0 Å². The molecule has 1 saturated heterocycles. The molecule has 2 aliphatic rings. The van der Waals surface area contributed by atoms with Gasteiger partial charge in [-0.15, -0.1) is 12.4 Å². The minimum absolute atomic E-state index is 0. The van der Waals surface area contributed by atoms with E-state index in [1.165, 1.54) is 9.47 Å². The van der Waals surface area contributed by atoms with Crippen LogP contribution in [0.15, 0.2) is 11.0 Å². The molecule has 9 nitrogen and oxygen atoms in total. The molecule has 0 radical (unpaired) electrons. The lowest BCUT2D eigenvalue weighted by molar-refractivity contribution is -0.120. The molecule has 1 unspecified atom stereocenters. The normalized spacial score (nSPS) is 18.2. The van der Waals surface area contributed by atoms with Gasteiger partial charge in [-0.3, -0.25) is 9.59 Å². The number of nitrogens with two attached hydrogens (primary N) is 2. The predicted octanol–water partition coefficient (Wildman–Crippen LogP) is 0.970. The van der Waals surface area contributed by atoms with Gasteiger partial charge in [0, 0.05) is 31.4 Å². The van der Waals surface area contributed by atoms with Crippen LogP contribution in [0.3, 0.4) is 0 Å². The van der Waals surface area contributed by atoms with Gasteiger partial charge in [0.2, 0.25) is 11.3 Å². The Morgan fingerprint density at radius 3 is 2.48 bits per heavy atom. The maximum Gasteiger partial charge on any atom is 0.341 e. The molecule has 1 aromatic heterocycles. The fraction of sp³-hybridized carbons (Fsp3) is 0.421. The molecule has 1 aromatic carbocycles. The Kier molecular flexibility index (Phi) is 6.10. The van der Waals surface area contributed by atoms with Crippen molar-refractivity contribution in [1.29, 1.82) is 0 Å². The van der Waals surface area contributed by atoms with Gasteiger partial charge in [-0.1, -0.05) is 0 Å². The van der Waals surface area contributed by atoms with Crippen LogP contribution in [0.25, 0.3) is 10.9 Å². The number of carboxylic acids is 1. The van der Waals surface area contributed by atoms with E-state index in [1.54, 1.807) is 0 Å². The molecule has 1 saturated carbocycles. The molecule has 2 heterocycles. The Bertz CT molecular complexity index is 1130. The van der Waals surface area contributed by atoms with Crippen molar-refractivity contribution in [2.75, 3.05) is 30.3 Å². The number of nitrogens with one attached hydrogen (secondary N) is 1. The van der Waals surface area contributed by atoms with Gasteiger partial charge in [0.1, 0.15) is 11.3 Å². The van der Waals surface area contributed by atoms with Crippen LogP contribution < -0.4 is 27.1 Å². The summed E-state index contributed by atoms with van der Waals surface area (Å²) in [7, 11) is 0. The number of nitrogen functional groups attached to an aromatic ring is 1. The monoisotopic (exact) mass is 457 g/mol. The fourth-order valence-electron chi connectivity index (χ4n) is 3.99. The van der Waals surface area contributed by atoms with E-state index in [4.69, 9.17) is 11.5 Å². The van der Waals surface area contributed by atoms with Crippen LogP contribution in [0.4, 0.5) is 20.2 Å². The average Bonchev–Trinajstić information content (AvgIpc) is 3.45. The first-order valence-corrected chi connectivity index (χ1v) is 9.57. The second kappa shape index (κ2) is 8.31. The number of amides is 1. The number of hydrogen-bond acceptors (Lipinski definition) is 6. The van der Waals surface area contributed by atoms with E-state index in [9.17, 15) is 19.5 Å². The van der Waals surface area contributed by atoms with E-state index in [-0.39, 0.29) is 61.2 Å². The van der Waals surface area contributed by atoms with Crippen molar-refractivity contribution >= 4 is 46.6 Å². The molecule has 1 aliphatic carbocycles. The molecular weight excluding hydrogens is 436 g/mol.